The molecule has 0 radical (unpaired) electrons. The third kappa shape index (κ3) is 5.72. The summed E-state index contributed by atoms with van der Waals surface area (Å²) in [6.07, 6.45) is 1.52. The van der Waals surface area contributed by atoms with Gasteiger partial charge in [-0.25, -0.2) is 0 Å². The maximum absolute atomic E-state index is 10.6. The second-order valence-electron chi connectivity index (χ2n) is 9.11. The zero-order valence-corrected chi connectivity index (χ0v) is 19.1. The number of nitrogens with zero attached hydrogens (tertiary/aromatic N) is 2. The van der Waals surface area contributed by atoms with Crippen molar-refractivity contribution in [2.75, 3.05) is 55.9 Å². The van der Waals surface area contributed by atoms with Gasteiger partial charge in [-0.1, -0.05) is 12.1 Å². The summed E-state index contributed by atoms with van der Waals surface area (Å²) in [4.78, 5) is 4.70. The topological polar surface area (TPSA) is 80.2 Å². The molecule has 2 aliphatic heterocycles. The lowest BCUT2D eigenvalue weighted by atomic mass is 9.98. The molecule has 2 aliphatic rings. The molecule has 2 aromatic carbocycles. The van der Waals surface area contributed by atoms with Crippen LogP contribution in [0, 0.1) is 5.92 Å². The minimum absolute atomic E-state index is 0.202. The number of aliphatic hydroxyl groups excluding tert-OH is 2. The molecule has 0 saturated carbocycles. The molecular weight excluding hydrogens is 404 g/mol. The zero-order chi connectivity index (χ0) is 22.5. The van der Waals surface area contributed by atoms with Gasteiger partial charge in [0.05, 0.1) is 0 Å². The minimum Gasteiger partial charge on any atom is -0.381 e. The molecule has 2 fully saturated rings. The van der Waals surface area contributed by atoms with Gasteiger partial charge in [-0.15, -0.1) is 0 Å². The van der Waals surface area contributed by atoms with E-state index >= 15 is 0 Å². The van der Waals surface area contributed by atoms with E-state index in [0.717, 1.165) is 42.9 Å². The molecular formula is C25H36N4O3. The molecule has 2 aromatic rings. The molecule has 2 heterocycles. The first-order valence-corrected chi connectivity index (χ1v) is 11.6. The van der Waals surface area contributed by atoms with Crippen molar-refractivity contribution in [3.05, 3.63) is 54.1 Å². The average molecular weight is 441 g/mol. The number of nitrogens with one attached hydrogen (secondary N) is 2. The number of ether oxygens (including phenoxy) is 1. The maximum Gasteiger partial charge on any atom is 0.150 e. The Kier molecular flexibility index (Phi) is 7.52. The largest absolute Gasteiger partial charge is 0.381 e. The van der Waals surface area contributed by atoms with Gasteiger partial charge in [0.15, 0.2) is 6.23 Å². The summed E-state index contributed by atoms with van der Waals surface area (Å²) in [5, 5.41) is 27.3. The van der Waals surface area contributed by atoms with Gasteiger partial charge in [0.2, 0.25) is 0 Å². The van der Waals surface area contributed by atoms with Crippen LogP contribution >= 0.6 is 0 Å². The van der Waals surface area contributed by atoms with E-state index in [1.54, 1.807) is 0 Å². The first-order chi connectivity index (χ1) is 15.5. The van der Waals surface area contributed by atoms with Crippen molar-refractivity contribution in [3.8, 4) is 0 Å². The molecule has 7 nitrogen and oxygen atoms in total. The highest BCUT2D eigenvalue weighted by Gasteiger charge is 2.24. The van der Waals surface area contributed by atoms with E-state index in [-0.39, 0.29) is 5.92 Å². The van der Waals surface area contributed by atoms with Crippen LogP contribution in [0.3, 0.4) is 0 Å². The van der Waals surface area contributed by atoms with Crippen LogP contribution in [-0.4, -0.2) is 67.8 Å². The molecule has 32 heavy (non-hydrogen) atoms. The summed E-state index contributed by atoms with van der Waals surface area (Å²) >= 11 is 0. The Morgan fingerprint density at radius 3 is 2.16 bits per heavy atom. The summed E-state index contributed by atoms with van der Waals surface area (Å²) < 4.78 is 5.36. The van der Waals surface area contributed by atoms with Gasteiger partial charge >= 0.3 is 0 Å². The fourth-order valence-electron chi connectivity index (χ4n) is 4.49. The SMILES string of the molecule is CN(C)C1CCN(c2ccc(NC(O)c3ccc(NC(O)C4CCOCC4)cc3)cc2)C1. The van der Waals surface area contributed by atoms with Gasteiger partial charge in [-0.05, 0) is 69.8 Å². The Balaban J connectivity index is 1.29. The summed E-state index contributed by atoms with van der Waals surface area (Å²) in [7, 11) is 4.28. The minimum atomic E-state index is -0.805. The predicted molar refractivity (Wildman–Crippen MR) is 129 cm³/mol. The fourth-order valence-corrected chi connectivity index (χ4v) is 4.49. The highest BCUT2D eigenvalue weighted by atomic mass is 16.5. The van der Waals surface area contributed by atoms with Crippen molar-refractivity contribution in [1.29, 1.82) is 0 Å². The standard InChI is InChI=1S/C25H36N4O3/c1-28(2)23-11-14-29(17-23)22-9-7-21(8-10-22)27-24(30)18-3-5-20(6-4-18)26-25(31)19-12-15-32-16-13-19/h3-10,19,23-27,30-31H,11-17H2,1-2H3. The van der Waals surface area contributed by atoms with Gasteiger partial charge < -0.3 is 35.4 Å². The molecule has 3 atom stereocenters. The molecule has 3 unspecified atom stereocenters. The van der Waals surface area contributed by atoms with Crippen molar-refractivity contribution in [2.45, 2.75) is 37.8 Å². The van der Waals surface area contributed by atoms with Gasteiger partial charge in [0.25, 0.3) is 0 Å². The van der Waals surface area contributed by atoms with E-state index in [1.807, 2.05) is 36.4 Å². The van der Waals surface area contributed by atoms with E-state index in [2.05, 4.69) is 46.7 Å². The Morgan fingerprint density at radius 1 is 0.906 bits per heavy atom. The summed E-state index contributed by atoms with van der Waals surface area (Å²) in [6.45, 7) is 3.53. The van der Waals surface area contributed by atoms with Gasteiger partial charge in [0.1, 0.15) is 6.23 Å². The molecule has 174 valence electrons. The summed E-state index contributed by atoms with van der Waals surface area (Å²) in [6, 6.07) is 16.4. The van der Waals surface area contributed by atoms with Crippen molar-refractivity contribution in [1.82, 2.24) is 4.90 Å². The second-order valence-corrected chi connectivity index (χ2v) is 9.11. The molecule has 0 aromatic heterocycles. The second kappa shape index (κ2) is 10.5. The molecule has 2 saturated heterocycles. The quantitative estimate of drug-likeness (QED) is 0.470. The van der Waals surface area contributed by atoms with Crippen molar-refractivity contribution in [2.24, 2.45) is 5.92 Å². The van der Waals surface area contributed by atoms with Crippen LogP contribution < -0.4 is 15.5 Å². The molecule has 0 spiro atoms. The third-order valence-corrected chi connectivity index (χ3v) is 6.68. The third-order valence-electron chi connectivity index (χ3n) is 6.68. The lowest BCUT2D eigenvalue weighted by molar-refractivity contribution is 0.0184. The summed E-state index contributed by atoms with van der Waals surface area (Å²) in [5.41, 5.74) is 3.70. The van der Waals surface area contributed by atoms with Crippen LogP contribution in [0.25, 0.3) is 0 Å². The molecule has 0 amide bonds. The van der Waals surface area contributed by atoms with Crippen molar-refractivity contribution in [3.63, 3.8) is 0 Å². The fraction of sp³-hybridized carbons (Fsp3) is 0.520. The maximum atomic E-state index is 10.6. The van der Waals surface area contributed by atoms with E-state index < -0.39 is 12.5 Å². The number of hydrogen-bond acceptors (Lipinski definition) is 7. The Labute approximate surface area is 191 Å². The number of hydrogen-bond donors (Lipinski definition) is 4. The number of anilines is 3. The number of benzene rings is 2. The van der Waals surface area contributed by atoms with Gasteiger partial charge in [0, 0.05) is 60.9 Å². The normalized spacial score (nSPS) is 21.5. The molecule has 4 rings (SSSR count). The van der Waals surface area contributed by atoms with Crippen molar-refractivity contribution < 1.29 is 14.9 Å². The molecule has 0 aliphatic carbocycles. The highest BCUT2D eigenvalue weighted by molar-refractivity contribution is 5.56. The monoisotopic (exact) mass is 440 g/mol. The van der Waals surface area contributed by atoms with Gasteiger partial charge in [-0.3, -0.25) is 0 Å². The highest BCUT2D eigenvalue weighted by Crippen LogP contribution is 2.26. The number of likely N-dealkylation sites (N-methyl/N-ethyl adjacent to an activating group) is 1. The Bertz CT molecular complexity index is 837. The van der Waals surface area contributed by atoms with E-state index in [1.165, 1.54) is 12.1 Å². The van der Waals surface area contributed by atoms with Crippen molar-refractivity contribution >= 4 is 17.1 Å². The molecule has 4 N–H and O–H groups in total. The summed E-state index contributed by atoms with van der Waals surface area (Å²) in [5.74, 6) is 0.202. The predicted octanol–water partition coefficient (Wildman–Crippen LogP) is 3.09. The zero-order valence-electron chi connectivity index (χ0n) is 19.1. The average Bonchev–Trinajstić information content (AvgIpc) is 3.31. The van der Waals surface area contributed by atoms with Crippen LogP contribution in [0.4, 0.5) is 17.1 Å². The lowest BCUT2D eigenvalue weighted by Crippen LogP contribution is -2.33. The lowest BCUT2D eigenvalue weighted by Gasteiger charge is -2.28. The smallest absolute Gasteiger partial charge is 0.150 e. The van der Waals surface area contributed by atoms with Crippen LogP contribution in [0.1, 0.15) is 31.1 Å². The van der Waals surface area contributed by atoms with E-state index in [4.69, 9.17) is 4.74 Å². The van der Waals surface area contributed by atoms with Crippen LogP contribution in [-0.2, 0) is 4.74 Å². The van der Waals surface area contributed by atoms with E-state index in [0.29, 0.717) is 19.3 Å². The first kappa shape index (κ1) is 22.9. The Morgan fingerprint density at radius 2 is 1.53 bits per heavy atom. The Hall–Kier alpha value is -2.32. The number of aliphatic hydroxyl groups is 2. The van der Waals surface area contributed by atoms with Crippen LogP contribution in [0.5, 0.6) is 0 Å². The number of rotatable bonds is 8. The van der Waals surface area contributed by atoms with E-state index in [9.17, 15) is 10.2 Å². The van der Waals surface area contributed by atoms with Crippen LogP contribution in [0.2, 0.25) is 0 Å². The van der Waals surface area contributed by atoms with Crippen LogP contribution in [0.15, 0.2) is 48.5 Å². The molecule has 0 bridgehead atoms. The van der Waals surface area contributed by atoms with Gasteiger partial charge in [-0.2, -0.15) is 0 Å². The molecule has 7 heteroatoms. The first-order valence-electron chi connectivity index (χ1n) is 11.6.